The molecule has 2 nitrogen and oxygen atoms in total. The van der Waals surface area contributed by atoms with E-state index < -0.39 is 0 Å². The highest BCUT2D eigenvalue weighted by atomic mass is 32.2. The highest BCUT2D eigenvalue weighted by Gasteiger charge is 1.86. The van der Waals surface area contributed by atoms with Gasteiger partial charge in [0, 0.05) is 0 Å². The number of hydrogen-bond acceptors (Lipinski definition) is 3. The van der Waals surface area contributed by atoms with Crippen LogP contribution in [-0.4, -0.2) is 13.7 Å². The highest BCUT2D eigenvalue weighted by molar-refractivity contribution is 7.92. The molecule has 0 radical (unpaired) electrons. The number of unbranched alkanes of at least 4 members (excludes halogenated alkanes) is 4. The van der Waals surface area contributed by atoms with Crippen molar-refractivity contribution in [3.63, 3.8) is 0 Å². The van der Waals surface area contributed by atoms with Crippen molar-refractivity contribution in [2.75, 3.05) is 13.7 Å². The second-order valence-corrected chi connectivity index (χ2v) is 4.03. The molecule has 0 bridgehead atoms. The summed E-state index contributed by atoms with van der Waals surface area (Å²) in [5.41, 5.74) is 0. The van der Waals surface area contributed by atoms with E-state index in [1.165, 1.54) is 37.9 Å². The highest BCUT2D eigenvalue weighted by Crippen LogP contribution is 2.02. The van der Waals surface area contributed by atoms with Gasteiger partial charge in [-0.1, -0.05) is 31.9 Å². The Morgan fingerprint density at radius 2 is 1.86 bits per heavy atom. The van der Waals surface area contributed by atoms with Gasteiger partial charge in [-0.15, -0.1) is 0 Å². The molecule has 0 saturated heterocycles. The van der Waals surface area contributed by atoms with Gasteiger partial charge in [-0.05, 0) is 32.7 Å². The summed E-state index contributed by atoms with van der Waals surface area (Å²) in [6.07, 6.45) is 12.0. The van der Waals surface area contributed by atoms with E-state index in [1.54, 1.807) is 0 Å². The maximum absolute atomic E-state index is 5.20. The second-order valence-electron chi connectivity index (χ2n) is 3.22. The quantitative estimate of drug-likeness (QED) is 0.261. The lowest BCUT2D eigenvalue weighted by atomic mass is 10.2. The molecule has 3 heteroatoms. The molecule has 0 unspecified atom stereocenters. The zero-order valence-corrected chi connectivity index (χ0v) is 10.2. The Labute approximate surface area is 92.8 Å². The van der Waals surface area contributed by atoms with Crippen molar-refractivity contribution in [3.05, 3.63) is 12.2 Å². The average molecular weight is 217 g/mol. The Hall–Kier alpha value is 0.01000. The number of allylic oxidation sites excluding steroid dienone is 2. The Morgan fingerprint density at radius 1 is 1.14 bits per heavy atom. The first-order valence-corrected chi connectivity index (χ1v) is 6.26. The van der Waals surface area contributed by atoms with Crippen LogP contribution in [0.25, 0.3) is 0 Å². The second kappa shape index (κ2) is 13.0. The lowest BCUT2D eigenvalue weighted by molar-refractivity contribution is 0.363. The van der Waals surface area contributed by atoms with E-state index >= 15 is 0 Å². The standard InChI is InChI=1S/C11H23NOS/c1-3-4-5-6-7-8-9-10-11-13-14-12-2/h7-8,12H,3-6,9-11H2,1-2H3/b8-7-. The van der Waals surface area contributed by atoms with Crippen LogP contribution in [0, 0.1) is 0 Å². The molecule has 0 aliphatic rings. The molecular weight excluding hydrogens is 194 g/mol. The average Bonchev–Trinajstić information content (AvgIpc) is 2.21. The third kappa shape index (κ3) is 12.0. The fourth-order valence-electron chi connectivity index (χ4n) is 1.11. The molecule has 0 aliphatic carbocycles. The summed E-state index contributed by atoms with van der Waals surface area (Å²) in [5, 5.41) is 0. The van der Waals surface area contributed by atoms with Crippen molar-refractivity contribution >= 4 is 12.2 Å². The van der Waals surface area contributed by atoms with Crippen LogP contribution in [0.2, 0.25) is 0 Å². The predicted molar refractivity (Wildman–Crippen MR) is 65.1 cm³/mol. The first-order chi connectivity index (χ1) is 6.91. The summed E-state index contributed by atoms with van der Waals surface area (Å²) in [5.74, 6) is 0. The minimum absolute atomic E-state index is 0.824. The molecule has 0 saturated carbocycles. The monoisotopic (exact) mass is 217 g/mol. The Balaban J connectivity index is 2.96. The first-order valence-electron chi connectivity index (χ1n) is 5.52. The van der Waals surface area contributed by atoms with E-state index in [9.17, 15) is 0 Å². The molecule has 0 rings (SSSR count). The SMILES string of the molecule is CCCCC/C=C\CCCOSNC. The van der Waals surface area contributed by atoms with Crippen molar-refractivity contribution in [1.82, 2.24) is 4.72 Å². The Morgan fingerprint density at radius 3 is 2.50 bits per heavy atom. The fourth-order valence-corrected chi connectivity index (χ4v) is 1.43. The largest absolute Gasteiger partial charge is 0.301 e. The third-order valence-electron chi connectivity index (χ3n) is 1.88. The number of rotatable bonds is 10. The van der Waals surface area contributed by atoms with E-state index in [4.69, 9.17) is 4.18 Å². The molecule has 0 fully saturated rings. The maximum Gasteiger partial charge on any atom is 0.0786 e. The Kier molecular flexibility index (Phi) is 13.0. The van der Waals surface area contributed by atoms with Crippen molar-refractivity contribution in [2.45, 2.75) is 45.4 Å². The Bertz CT molecular complexity index is 128. The van der Waals surface area contributed by atoms with Crippen LogP contribution in [0.3, 0.4) is 0 Å². The maximum atomic E-state index is 5.20. The van der Waals surface area contributed by atoms with Crippen LogP contribution in [-0.2, 0) is 4.18 Å². The van der Waals surface area contributed by atoms with Crippen LogP contribution in [0.15, 0.2) is 12.2 Å². The van der Waals surface area contributed by atoms with Gasteiger partial charge in [0.25, 0.3) is 0 Å². The molecular formula is C11H23NOS. The molecule has 14 heavy (non-hydrogen) atoms. The molecule has 0 aromatic rings. The van der Waals surface area contributed by atoms with Crippen molar-refractivity contribution in [3.8, 4) is 0 Å². The molecule has 84 valence electrons. The summed E-state index contributed by atoms with van der Waals surface area (Å²) >= 11 is 1.31. The molecule has 0 aromatic carbocycles. The smallest absolute Gasteiger partial charge is 0.0786 e. The molecule has 0 aromatic heterocycles. The van der Waals surface area contributed by atoms with E-state index in [-0.39, 0.29) is 0 Å². The van der Waals surface area contributed by atoms with Crippen molar-refractivity contribution < 1.29 is 4.18 Å². The van der Waals surface area contributed by atoms with Gasteiger partial charge in [0.2, 0.25) is 0 Å². The van der Waals surface area contributed by atoms with Crippen LogP contribution in [0.1, 0.15) is 45.4 Å². The first kappa shape index (κ1) is 14.0. The van der Waals surface area contributed by atoms with Gasteiger partial charge in [-0.3, -0.25) is 0 Å². The van der Waals surface area contributed by atoms with Crippen LogP contribution in [0.4, 0.5) is 0 Å². The lowest BCUT2D eigenvalue weighted by Gasteiger charge is -1.98. The molecule has 1 N–H and O–H groups in total. The van der Waals surface area contributed by atoms with E-state index in [2.05, 4.69) is 23.8 Å². The normalized spacial score (nSPS) is 11.3. The minimum Gasteiger partial charge on any atom is -0.301 e. The van der Waals surface area contributed by atoms with Crippen molar-refractivity contribution in [1.29, 1.82) is 0 Å². The summed E-state index contributed by atoms with van der Waals surface area (Å²) in [7, 11) is 1.86. The molecule has 0 amide bonds. The molecule has 0 spiro atoms. The summed E-state index contributed by atoms with van der Waals surface area (Å²) in [6, 6.07) is 0. The minimum atomic E-state index is 0.824. The lowest BCUT2D eigenvalue weighted by Crippen LogP contribution is -1.95. The van der Waals surface area contributed by atoms with Gasteiger partial charge in [-0.25, -0.2) is 4.72 Å². The van der Waals surface area contributed by atoms with Gasteiger partial charge in [0.15, 0.2) is 0 Å². The van der Waals surface area contributed by atoms with Crippen LogP contribution in [0.5, 0.6) is 0 Å². The number of hydrogen-bond donors (Lipinski definition) is 1. The summed E-state index contributed by atoms with van der Waals surface area (Å²) in [6.45, 7) is 3.06. The fraction of sp³-hybridized carbons (Fsp3) is 0.818. The van der Waals surface area contributed by atoms with E-state index in [0.717, 1.165) is 19.4 Å². The topological polar surface area (TPSA) is 21.3 Å². The summed E-state index contributed by atoms with van der Waals surface area (Å²) < 4.78 is 8.07. The van der Waals surface area contributed by atoms with Gasteiger partial charge in [-0.2, -0.15) is 0 Å². The van der Waals surface area contributed by atoms with Crippen LogP contribution < -0.4 is 4.72 Å². The molecule has 0 atom stereocenters. The van der Waals surface area contributed by atoms with Gasteiger partial charge in [0.1, 0.15) is 0 Å². The van der Waals surface area contributed by atoms with Gasteiger partial charge < -0.3 is 4.18 Å². The van der Waals surface area contributed by atoms with Gasteiger partial charge >= 0.3 is 0 Å². The van der Waals surface area contributed by atoms with E-state index in [0.29, 0.717) is 0 Å². The van der Waals surface area contributed by atoms with Crippen LogP contribution >= 0.6 is 12.2 Å². The molecule has 0 aliphatic heterocycles. The number of nitrogens with one attached hydrogen (secondary N) is 1. The van der Waals surface area contributed by atoms with Gasteiger partial charge in [0.05, 0.1) is 18.8 Å². The zero-order chi connectivity index (χ0) is 10.5. The molecule has 0 heterocycles. The van der Waals surface area contributed by atoms with E-state index in [1.807, 2.05) is 7.05 Å². The predicted octanol–water partition coefficient (Wildman–Crippen LogP) is 3.70. The van der Waals surface area contributed by atoms with Crippen molar-refractivity contribution in [2.24, 2.45) is 0 Å². The summed E-state index contributed by atoms with van der Waals surface area (Å²) in [4.78, 5) is 0. The third-order valence-corrected chi connectivity index (χ3v) is 2.33. The zero-order valence-electron chi connectivity index (χ0n) is 9.42.